The van der Waals surface area contributed by atoms with Crippen LogP contribution in [0.4, 0.5) is 10.2 Å². The Kier molecular flexibility index (Phi) is 3.39. The van der Waals surface area contributed by atoms with Gasteiger partial charge in [-0.3, -0.25) is 0 Å². The maximum atomic E-state index is 13.9. The summed E-state index contributed by atoms with van der Waals surface area (Å²) in [6, 6.07) is 14.7. The van der Waals surface area contributed by atoms with Crippen molar-refractivity contribution in [1.29, 1.82) is 0 Å². The first kappa shape index (κ1) is 15.5. The van der Waals surface area contributed by atoms with Gasteiger partial charge in [0.15, 0.2) is 11.6 Å². The van der Waals surface area contributed by atoms with Gasteiger partial charge in [0.1, 0.15) is 17.8 Å². The molecule has 0 saturated heterocycles. The van der Waals surface area contributed by atoms with Crippen molar-refractivity contribution < 1.29 is 4.39 Å². The average molecular weight is 358 g/mol. The van der Waals surface area contributed by atoms with Crippen LogP contribution in [0, 0.1) is 5.82 Å². The van der Waals surface area contributed by atoms with Crippen molar-refractivity contribution in [2.45, 2.75) is 6.54 Å². The third-order valence-electron chi connectivity index (χ3n) is 4.63. The van der Waals surface area contributed by atoms with Gasteiger partial charge in [0, 0.05) is 17.3 Å². The fraction of sp³-hybridized carbons (Fsp3) is 0.0500. The number of nitrogen functional groups attached to an aromatic ring is 1. The van der Waals surface area contributed by atoms with Gasteiger partial charge < -0.3 is 14.7 Å². The molecule has 27 heavy (non-hydrogen) atoms. The van der Waals surface area contributed by atoms with E-state index in [4.69, 9.17) is 5.73 Å². The molecule has 2 aromatic heterocycles. The minimum atomic E-state index is -0.268. The second-order valence-corrected chi connectivity index (χ2v) is 6.33. The zero-order valence-corrected chi connectivity index (χ0v) is 14.2. The Hall–Kier alpha value is -3.74. The lowest BCUT2D eigenvalue weighted by atomic mass is 10.1. The SMILES string of the molecule is Nc1ncn(Cc2cc3ccccn3c2-c2cccc(F)c2)c2ncnc1-2. The summed E-state index contributed by atoms with van der Waals surface area (Å²) in [6.07, 6.45) is 5.11. The Labute approximate surface area is 154 Å². The molecule has 1 aromatic carbocycles. The number of hydrogen-bond acceptors (Lipinski definition) is 4. The summed E-state index contributed by atoms with van der Waals surface area (Å²) in [4.78, 5) is 12.7. The maximum Gasteiger partial charge on any atom is 0.165 e. The summed E-state index contributed by atoms with van der Waals surface area (Å²) in [7, 11) is 0. The molecular weight excluding hydrogens is 343 g/mol. The monoisotopic (exact) mass is 358 g/mol. The Morgan fingerprint density at radius 1 is 1.00 bits per heavy atom. The Bertz CT molecular complexity index is 1240. The van der Waals surface area contributed by atoms with Crippen LogP contribution in [0.2, 0.25) is 0 Å². The quantitative estimate of drug-likeness (QED) is 0.536. The number of aromatic nitrogens is 5. The fourth-order valence-electron chi connectivity index (χ4n) is 3.46. The third kappa shape index (κ3) is 2.52. The number of imidazole rings is 1. The number of hydrogen-bond donors (Lipinski definition) is 1. The molecule has 2 N–H and O–H groups in total. The van der Waals surface area contributed by atoms with Crippen molar-refractivity contribution in [2.24, 2.45) is 0 Å². The van der Waals surface area contributed by atoms with Gasteiger partial charge in [-0.2, -0.15) is 0 Å². The predicted octanol–water partition coefficient (Wildman–Crippen LogP) is 3.47. The molecule has 2 aliphatic heterocycles. The molecule has 132 valence electrons. The number of anilines is 1. The van der Waals surface area contributed by atoms with Crippen LogP contribution in [0.1, 0.15) is 5.56 Å². The lowest BCUT2D eigenvalue weighted by Crippen LogP contribution is -2.09. The summed E-state index contributed by atoms with van der Waals surface area (Å²) in [5.74, 6) is 0.754. The van der Waals surface area contributed by atoms with Crippen LogP contribution in [-0.4, -0.2) is 23.9 Å². The van der Waals surface area contributed by atoms with Crippen LogP contribution >= 0.6 is 0 Å². The van der Waals surface area contributed by atoms with E-state index in [1.807, 2.05) is 35.0 Å². The standard InChI is InChI=1S/C20H15FN6/c21-15-5-3-4-13(8-15)18-14(9-16-6-1-2-7-27(16)18)10-26-12-25-19(22)17-20(26)24-11-23-17/h1-9,11-12H,10,22H2. The molecular formula is C20H15FN6. The molecule has 2 aliphatic rings. The van der Waals surface area contributed by atoms with Crippen LogP contribution < -0.4 is 5.73 Å². The second kappa shape index (κ2) is 5.91. The summed E-state index contributed by atoms with van der Waals surface area (Å²) in [5, 5.41) is 0. The molecule has 0 aliphatic carbocycles. The summed E-state index contributed by atoms with van der Waals surface area (Å²) < 4.78 is 17.8. The van der Waals surface area contributed by atoms with Crippen LogP contribution in [0.5, 0.6) is 0 Å². The molecule has 6 nitrogen and oxygen atoms in total. The maximum absolute atomic E-state index is 13.9. The topological polar surface area (TPSA) is 74.0 Å². The average Bonchev–Trinajstić information content (AvgIpc) is 3.29. The molecule has 0 unspecified atom stereocenters. The van der Waals surface area contributed by atoms with Gasteiger partial charge in [0.2, 0.25) is 0 Å². The molecule has 0 amide bonds. The number of halogens is 1. The Morgan fingerprint density at radius 2 is 1.93 bits per heavy atom. The van der Waals surface area contributed by atoms with Crippen molar-refractivity contribution in [1.82, 2.24) is 23.9 Å². The first-order chi connectivity index (χ1) is 13.2. The summed E-state index contributed by atoms with van der Waals surface area (Å²) in [5.41, 5.74) is 10.3. The zero-order valence-electron chi connectivity index (χ0n) is 14.2. The van der Waals surface area contributed by atoms with E-state index in [-0.39, 0.29) is 5.82 Å². The van der Waals surface area contributed by atoms with Gasteiger partial charge in [0.05, 0.1) is 18.6 Å². The van der Waals surface area contributed by atoms with Gasteiger partial charge in [-0.15, -0.1) is 0 Å². The molecule has 0 radical (unpaired) electrons. The molecule has 7 heteroatoms. The first-order valence-electron chi connectivity index (χ1n) is 8.47. The minimum Gasteiger partial charge on any atom is -0.382 e. The molecule has 0 saturated carbocycles. The highest BCUT2D eigenvalue weighted by Gasteiger charge is 2.18. The van der Waals surface area contributed by atoms with Gasteiger partial charge >= 0.3 is 0 Å². The Morgan fingerprint density at radius 3 is 2.81 bits per heavy atom. The minimum absolute atomic E-state index is 0.268. The molecule has 0 fully saturated rings. The molecule has 0 atom stereocenters. The van der Waals surface area contributed by atoms with Gasteiger partial charge in [-0.05, 0) is 35.9 Å². The lowest BCUT2D eigenvalue weighted by Gasteiger charge is -2.13. The van der Waals surface area contributed by atoms with Crippen LogP contribution in [0.25, 0.3) is 28.3 Å². The summed E-state index contributed by atoms with van der Waals surface area (Å²) in [6.45, 7) is 0.510. The smallest absolute Gasteiger partial charge is 0.165 e. The van der Waals surface area contributed by atoms with E-state index in [9.17, 15) is 4.39 Å². The normalized spacial score (nSPS) is 11.4. The van der Waals surface area contributed by atoms with Crippen molar-refractivity contribution >= 4 is 11.3 Å². The van der Waals surface area contributed by atoms with E-state index in [1.165, 1.54) is 12.4 Å². The number of benzene rings is 1. The third-order valence-corrected chi connectivity index (χ3v) is 4.63. The van der Waals surface area contributed by atoms with Gasteiger partial charge in [0.25, 0.3) is 0 Å². The van der Waals surface area contributed by atoms with Crippen molar-refractivity contribution in [2.75, 3.05) is 5.73 Å². The molecule has 4 heterocycles. The van der Waals surface area contributed by atoms with Crippen LogP contribution in [0.3, 0.4) is 0 Å². The molecule has 3 aromatic rings. The van der Waals surface area contributed by atoms with Crippen molar-refractivity contribution in [3.63, 3.8) is 0 Å². The van der Waals surface area contributed by atoms with E-state index in [0.29, 0.717) is 23.9 Å². The molecule has 0 bridgehead atoms. The van der Waals surface area contributed by atoms with Crippen molar-refractivity contribution in [3.8, 4) is 22.8 Å². The molecule has 5 rings (SSSR count). The van der Waals surface area contributed by atoms with E-state index >= 15 is 0 Å². The highest BCUT2D eigenvalue weighted by Crippen LogP contribution is 2.30. The number of rotatable bonds is 3. The van der Waals surface area contributed by atoms with E-state index in [1.54, 1.807) is 18.5 Å². The van der Waals surface area contributed by atoms with Gasteiger partial charge in [-0.25, -0.2) is 19.3 Å². The summed E-state index contributed by atoms with van der Waals surface area (Å²) >= 11 is 0. The Balaban J connectivity index is 1.70. The number of pyridine rings is 1. The number of nitrogens with two attached hydrogens (primary N) is 1. The largest absolute Gasteiger partial charge is 0.382 e. The zero-order chi connectivity index (χ0) is 18.4. The number of fused-ring (bicyclic) bond motifs is 2. The van der Waals surface area contributed by atoms with E-state index < -0.39 is 0 Å². The van der Waals surface area contributed by atoms with Crippen molar-refractivity contribution in [3.05, 3.63) is 78.8 Å². The van der Waals surface area contributed by atoms with Crippen LogP contribution in [0.15, 0.2) is 67.4 Å². The molecule has 0 spiro atoms. The second-order valence-electron chi connectivity index (χ2n) is 6.33. The first-order valence-corrected chi connectivity index (χ1v) is 8.47. The highest BCUT2D eigenvalue weighted by atomic mass is 19.1. The highest BCUT2D eigenvalue weighted by molar-refractivity contribution is 5.72. The lowest BCUT2D eigenvalue weighted by molar-refractivity contribution is 0.628. The van der Waals surface area contributed by atoms with Crippen LogP contribution in [-0.2, 0) is 6.54 Å². The number of nitrogens with zero attached hydrogens (tertiary/aromatic N) is 5. The van der Waals surface area contributed by atoms with E-state index in [2.05, 4.69) is 25.4 Å². The fourth-order valence-corrected chi connectivity index (χ4v) is 3.46. The van der Waals surface area contributed by atoms with E-state index in [0.717, 1.165) is 22.3 Å². The van der Waals surface area contributed by atoms with Gasteiger partial charge in [-0.1, -0.05) is 18.2 Å². The predicted molar refractivity (Wildman–Crippen MR) is 101 cm³/mol.